The third kappa shape index (κ3) is 6.90. The minimum Gasteiger partial charge on any atom is -0.493 e. The molecule has 0 saturated carbocycles. The number of aryl methyl sites for hydroxylation is 1. The molecular weight excluding hydrogens is 480 g/mol. The topological polar surface area (TPSA) is 59.9 Å². The van der Waals surface area contributed by atoms with Crippen LogP contribution in [0.1, 0.15) is 36.5 Å². The number of nitrogens with one attached hydrogen (secondary N) is 1. The molecule has 0 radical (unpaired) electrons. The minimum atomic E-state index is -0.171. The van der Waals surface area contributed by atoms with Crippen molar-refractivity contribution in [2.24, 2.45) is 4.99 Å². The van der Waals surface area contributed by atoms with Gasteiger partial charge in [-0.1, -0.05) is 55.3 Å². The van der Waals surface area contributed by atoms with Crippen LogP contribution in [0.2, 0.25) is 5.02 Å². The lowest BCUT2D eigenvalue weighted by Crippen LogP contribution is -2.19. The fraction of sp³-hybridized carbons (Fsp3) is 0.214. The molecular formula is C28H27ClN2O3S. The van der Waals surface area contributed by atoms with Crippen LogP contribution in [0.25, 0.3) is 6.08 Å². The molecule has 1 fully saturated rings. The number of hydrogen-bond acceptors (Lipinski definition) is 5. The summed E-state index contributed by atoms with van der Waals surface area (Å²) in [7, 11) is 1.59. The molecule has 4 rings (SSSR count). The summed E-state index contributed by atoms with van der Waals surface area (Å²) in [6, 6.07) is 21.2. The van der Waals surface area contributed by atoms with E-state index in [4.69, 9.17) is 21.1 Å². The van der Waals surface area contributed by atoms with E-state index < -0.39 is 0 Å². The predicted molar refractivity (Wildman–Crippen MR) is 145 cm³/mol. The Hall–Kier alpha value is -3.22. The van der Waals surface area contributed by atoms with Crippen molar-refractivity contribution in [1.29, 1.82) is 0 Å². The Morgan fingerprint density at radius 2 is 1.74 bits per heavy atom. The first-order valence-corrected chi connectivity index (χ1v) is 12.7. The SMILES string of the molecule is CCCCc1ccc(N=C2NC(=O)C(=Cc3ccc(OCc4ccc(Cl)cc4)c(OC)c3)S2)cc1. The van der Waals surface area contributed by atoms with E-state index in [9.17, 15) is 4.79 Å². The highest BCUT2D eigenvalue weighted by molar-refractivity contribution is 8.18. The number of benzene rings is 3. The number of aliphatic imine (C=N–C) groups is 1. The highest BCUT2D eigenvalue weighted by atomic mass is 35.5. The van der Waals surface area contributed by atoms with Crippen molar-refractivity contribution in [2.45, 2.75) is 32.8 Å². The van der Waals surface area contributed by atoms with E-state index in [-0.39, 0.29) is 5.91 Å². The molecule has 3 aromatic rings. The van der Waals surface area contributed by atoms with E-state index in [0.29, 0.717) is 33.2 Å². The van der Waals surface area contributed by atoms with Gasteiger partial charge in [-0.3, -0.25) is 4.79 Å². The lowest BCUT2D eigenvalue weighted by molar-refractivity contribution is -0.115. The fourth-order valence-corrected chi connectivity index (χ4v) is 4.47. The molecule has 0 spiro atoms. The number of carbonyl (C=O) groups excluding carboxylic acids is 1. The second-order valence-electron chi connectivity index (χ2n) is 8.08. The van der Waals surface area contributed by atoms with Crippen LogP contribution in [0.15, 0.2) is 76.6 Å². The molecule has 1 heterocycles. The van der Waals surface area contributed by atoms with Gasteiger partial charge in [0.15, 0.2) is 16.7 Å². The second-order valence-corrected chi connectivity index (χ2v) is 9.54. The molecule has 3 aromatic carbocycles. The van der Waals surface area contributed by atoms with Crippen LogP contribution >= 0.6 is 23.4 Å². The van der Waals surface area contributed by atoms with Crippen molar-refractivity contribution in [3.63, 3.8) is 0 Å². The van der Waals surface area contributed by atoms with Gasteiger partial charge in [0, 0.05) is 5.02 Å². The van der Waals surface area contributed by atoms with Crippen molar-refractivity contribution < 1.29 is 14.3 Å². The highest BCUT2D eigenvalue weighted by Gasteiger charge is 2.24. The van der Waals surface area contributed by atoms with Crippen molar-refractivity contribution in [1.82, 2.24) is 5.32 Å². The number of halogens is 1. The summed E-state index contributed by atoms with van der Waals surface area (Å²) >= 11 is 7.26. The number of methoxy groups -OCH3 is 1. The first kappa shape index (κ1) is 24.9. The Balaban J connectivity index is 1.43. The van der Waals surface area contributed by atoms with E-state index >= 15 is 0 Å². The second kappa shape index (κ2) is 12.0. The number of rotatable bonds is 9. The zero-order chi connectivity index (χ0) is 24.6. The monoisotopic (exact) mass is 506 g/mol. The summed E-state index contributed by atoms with van der Waals surface area (Å²) in [5.41, 5.74) is 3.95. The molecule has 1 aliphatic rings. The molecule has 1 N–H and O–H groups in total. The largest absolute Gasteiger partial charge is 0.493 e. The van der Waals surface area contributed by atoms with Gasteiger partial charge in [-0.25, -0.2) is 4.99 Å². The molecule has 0 unspecified atom stereocenters. The van der Waals surface area contributed by atoms with Crippen LogP contribution in [-0.2, 0) is 17.8 Å². The Morgan fingerprint density at radius 1 is 1.00 bits per heavy atom. The summed E-state index contributed by atoms with van der Waals surface area (Å²) < 4.78 is 11.4. The number of amides is 1. The van der Waals surface area contributed by atoms with Gasteiger partial charge in [0.25, 0.3) is 5.91 Å². The number of thioether (sulfide) groups is 1. The maximum absolute atomic E-state index is 12.5. The van der Waals surface area contributed by atoms with Crippen molar-refractivity contribution in [2.75, 3.05) is 7.11 Å². The maximum Gasteiger partial charge on any atom is 0.264 e. The number of hydrogen-bond donors (Lipinski definition) is 1. The minimum absolute atomic E-state index is 0.171. The van der Waals surface area contributed by atoms with Crippen molar-refractivity contribution in [3.8, 4) is 11.5 Å². The highest BCUT2D eigenvalue weighted by Crippen LogP contribution is 2.33. The Morgan fingerprint density at radius 3 is 2.46 bits per heavy atom. The van der Waals surface area contributed by atoms with Gasteiger partial charge in [-0.2, -0.15) is 0 Å². The first-order valence-electron chi connectivity index (χ1n) is 11.5. The van der Waals surface area contributed by atoms with E-state index in [1.807, 2.05) is 60.7 Å². The third-order valence-corrected chi connectivity index (χ3v) is 6.59. The summed E-state index contributed by atoms with van der Waals surface area (Å²) in [6.07, 6.45) is 5.24. The molecule has 0 atom stereocenters. The molecule has 180 valence electrons. The molecule has 1 saturated heterocycles. The van der Waals surface area contributed by atoms with Crippen LogP contribution < -0.4 is 14.8 Å². The molecule has 5 nitrogen and oxygen atoms in total. The Kier molecular flexibility index (Phi) is 8.50. The molecule has 7 heteroatoms. The van der Waals surface area contributed by atoms with Gasteiger partial charge in [0.1, 0.15) is 6.61 Å². The number of nitrogens with zero attached hydrogens (tertiary/aromatic N) is 1. The van der Waals surface area contributed by atoms with E-state index in [0.717, 1.165) is 23.2 Å². The number of ether oxygens (including phenoxy) is 2. The molecule has 1 aliphatic heterocycles. The summed E-state index contributed by atoms with van der Waals surface area (Å²) in [6.45, 7) is 2.58. The zero-order valence-electron chi connectivity index (χ0n) is 19.7. The van der Waals surface area contributed by atoms with Gasteiger partial charge >= 0.3 is 0 Å². The average molecular weight is 507 g/mol. The smallest absolute Gasteiger partial charge is 0.264 e. The zero-order valence-corrected chi connectivity index (χ0v) is 21.3. The predicted octanol–water partition coefficient (Wildman–Crippen LogP) is 7.16. The molecule has 0 aliphatic carbocycles. The van der Waals surface area contributed by atoms with Crippen LogP contribution in [0, 0.1) is 0 Å². The summed E-state index contributed by atoms with van der Waals surface area (Å²) in [5.74, 6) is 1.04. The molecule has 0 bridgehead atoms. The summed E-state index contributed by atoms with van der Waals surface area (Å²) in [5, 5.41) is 4.10. The van der Waals surface area contributed by atoms with Gasteiger partial charge in [-0.05, 0) is 83.8 Å². The van der Waals surface area contributed by atoms with Gasteiger partial charge < -0.3 is 14.8 Å². The third-order valence-electron chi connectivity index (χ3n) is 5.43. The van der Waals surface area contributed by atoms with Crippen molar-refractivity contribution in [3.05, 3.63) is 93.3 Å². The lowest BCUT2D eigenvalue weighted by atomic mass is 10.1. The molecule has 0 aromatic heterocycles. The van der Waals surface area contributed by atoms with Gasteiger partial charge in [0.2, 0.25) is 0 Å². The fourth-order valence-electron chi connectivity index (χ4n) is 3.50. The number of amidine groups is 1. The number of unbranched alkanes of at least 4 members (excludes halogenated alkanes) is 1. The number of carbonyl (C=O) groups is 1. The first-order chi connectivity index (χ1) is 17.0. The normalized spacial score (nSPS) is 15.5. The average Bonchev–Trinajstić information content (AvgIpc) is 3.21. The lowest BCUT2D eigenvalue weighted by Gasteiger charge is -2.11. The van der Waals surface area contributed by atoms with Crippen LogP contribution in [0.3, 0.4) is 0 Å². The molecule has 1 amide bonds. The van der Waals surface area contributed by atoms with Gasteiger partial charge in [0.05, 0.1) is 17.7 Å². The van der Waals surface area contributed by atoms with Gasteiger partial charge in [-0.15, -0.1) is 0 Å². The van der Waals surface area contributed by atoms with E-state index in [1.54, 1.807) is 7.11 Å². The van der Waals surface area contributed by atoms with E-state index in [1.165, 1.54) is 30.2 Å². The molecule has 35 heavy (non-hydrogen) atoms. The summed E-state index contributed by atoms with van der Waals surface area (Å²) in [4.78, 5) is 17.7. The maximum atomic E-state index is 12.5. The van der Waals surface area contributed by atoms with Crippen LogP contribution in [-0.4, -0.2) is 18.2 Å². The standard InChI is InChI=1S/C28H27ClN2O3S/c1-3-4-5-19-8-13-23(14-9-19)30-28-31-27(32)26(35-28)17-21-10-15-24(25(16-21)33-2)34-18-20-6-11-22(29)12-7-20/h6-17H,3-5,18H2,1-2H3,(H,30,31,32). The Labute approximate surface area is 215 Å². The van der Waals surface area contributed by atoms with Crippen molar-refractivity contribution >= 4 is 46.2 Å². The van der Waals surface area contributed by atoms with Crippen LogP contribution in [0.4, 0.5) is 5.69 Å². The van der Waals surface area contributed by atoms with E-state index in [2.05, 4.69) is 29.4 Å². The van der Waals surface area contributed by atoms with Crippen LogP contribution in [0.5, 0.6) is 11.5 Å². The Bertz CT molecular complexity index is 1240. The quantitative estimate of drug-likeness (QED) is 0.313.